The maximum absolute atomic E-state index is 5.89. The lowest BCUT2D eigenvalue weighted by Gasteiger charge is -2.10. The molecule has 0 saturated carbocycles. The number of hydrogen-bond donors (Lipinski definition) is 1. The molecule has 0 fully saturated rings. The van der Waals surface area contributed by atoms with E-state index in [1.54, 1.807) is 18.0 Å². The van der Waals surface area contributed by atoms with Gasteiger partial charge in [-0.25, -0.2) is 4.98 Å². The first-order valence-corrected chi connectivity index (χ1v) is 8.02. The standard InChI is InChI=1S/C16H20N2OS/c1-3-9-17-12-13-8-10-18-16(11-13)19-14-6-4-5-7-15(14)20-2/h4-8,10-11,17H,3,9,12H2,1-2H3. The third-order valence-electron chi connectivity index (χ3n) is 2.84. The summed E-state index contributed by atoms with van der Waals surface area (Å²) in [6.07, 6.45) is 4.97. The summed E-state index contributed by atoms with van der Waals surface area (Å²) in [5.74, 6) is 1.49. The molecule has 0 radical (unpaired) electrons. The Balaban J connectivity index is 2.07. The Morgan fingerprint density at radius 3 is 2.90 bits per heavy atom. The number of aromatic nitrogens is 1. The largest absolute Gasteiger partial charge is 0.438 e. The molecule has 0 aliphatic rings. The number of thioether (sulfide) groups is 1. The maximum atomic E-state index is 5.89. The monoisotopic (exact) mass is 288 g/mol. The van der Waals surface area contributed by atoms with Crippen LogP contribution in [0.2, 0.25) is 0 Å². The fraction of sp³-hybridized carbons (Fsp3) is 0.312. The van der Waals surface area contributed by atoms with Crippen LogP contribution in [0.3, 0.4) is 0 Å². The Labute approximate surface area is 124 Å². The molecule has 4 heteroatoms. The molecule has 106 valence electrons. The molecule has 2 rings (SSSR count). The maximum Gasteiger partial charge on any atom is 0.219 e. The second kappa shape index (κ2) is 7.92. The summed E-state index contributed by atoms with van der Waals surface area (Å²) in [7, 11) is 0. The Hall–Kier alpha value is -1.52. The smallest absolute Gasteiger partial charge is 0.219 e. The van der Waals surface area contributed by atoms with Gasteiger partial charge in [0.1, 0.15) is 5.75 Å². The summed E-state index contributed by atoms with van der Waals surface area (Å²) < 4.78 is 5.89. The van der Waals surface area contributed by atoms with Gasteiger partial charge < -0.3 is 10.1 Å². The van der Waals surface area contributed by atoms with Crippen molar-refractivity contribution < 1.29 is 4.74 Å². The van der Waals surface area contributed by atoms with Gasteiger partial charge in [-0.1, -0.05) is 19.1 Å². The highest BCUT2D eigenvalue weighted by molar-refractivity contribution is 7.98. The van der Waals surface area contributed by atoms with Crippen molar-refractivity contribution in [3.8, 4) is 11.6 Å². The van der Waals surface area contributed by atoms with E-state index in [1.165, 1.54) is 5.56 Å². The molecule has 0 aliphatic carbocycles. The van der Waals surface area contributed by atoms with Gasteiger partial charge in [0.25, 0.3) is 0 Å². The fourth-order valence-electron chi connectivity index (χ4n) is 1.84. The van der Waals surface area contributed by atoms with Gasteiger partial charge in [-0.05, 0) is 43.0 Å². The van der Waals surface area contributed by atoms with Crippen molar-refractivity contribution in [1.29, 1.82) is 0 Å². The lowest BCUT2D eigenvalue weighted by atomic mass is 10.2. The van der Waals surface area contributed by atoms with E-state index in [0.717, 1.165) is 30.2 Å². The third-order valence-corrected chi connectivity index (χ3v) is 3.62. The van der Waals surface area contributed by atoms with E-state index in [4.69, 9.17) is 4.74 Å². The topological polar surface area (TPSA) is 34.2 Å². The minimum absolute atomic E-state index is 0.641. The van der Waals surface area contributed by atoms with Gasteiger partial charge >= 0.3 is 0 Å². The Morgan fingerprint density at radius 1 is 1.25 bits per heavy atom. The van der Waals surface area contributed by atoms with Gasteiger partial charge in [0.2, 0.25) is 5.88 Å². The number of ether oxygens (including phenoxy) is 1. The normalized spacial score (nSPS) is 10.5. The highest BCUT2D eigenvalue weighted by Crippen LogP contribution is 2.30. The summed E-state index contributed by atoms with van der Waals surface area (Å²) in [6.45, 7) is 4.03. The molecule has 1 heterocycles. The molecule has 0 saturated heterocycles. The van der Waals surface area contributed by atoms with Crippen LogP contribution in [-0.2, 0) is 6.54 Å². The lowest BCUT2D eigenvalue weighted by molar-refractivity contribution is 0.451. The van der Waals surface area contributed by atoms with Gasteiger partial charge in [-0.3, -0.25) is 0 Å². The number of nitrogens with one attached hydrogen (secondary N) is 1. The zero-order valence-corrected chi connectivity index (χ0v) is 12.7. The number of benzene rings is 1. The zero-order valence-electron chi connectivity index (χ0n) is 11.9. The summed E-state index contributed by atoms with van der Waals surface area (Å²) in [5, 5.41) is 3.38. The lowest BCUT2D eigenvalue weighted by Crippen LogP contribution is -2.13. The van der Waals surface area contributed by atoms with E-state index in [-0.39, 0.29) is 0 Å². The van der Waals surface area contributed by atoms with Crippen molar-refractivity contribution in [2.45, 2.75) is 24.8 Å². The molecular weight excluding hydrogens is 268 g/mol. The number of nitrogens with zero attached hydrogens (tertiary/aromatic N) is 1. The van der Waals surface area contributed by atoms with Gasteiger partial charge in [-0.15, -0.1) is 11.8 Å². The number of para-hydroxylation sites is 1. The van der Waals surface area contributed by atoms with Crippen LogP contribution >= 0.6 is 11.8 Å². The first-order valence-electron chi connectivity index (χ1n) is 6.80. The van der Waals surface area contributed by atoms with Crippen molar-refractivity contribution in [2.24, 2.45) is 0 Å². The van der Waals surface area contributed by atoms with Crippen molar-refractivity contribution in [1.82, 2.24) is 10.3 Å². The fourth-order valence-corrected chi connectivity index (χ4v) is 2.37. The van der Waals surface area contributed by atoms with Crippen LogP contribution in [-0.4, -0.2) is 17.8 Å². The molecule has 0 atom stereocenters. The molecule has 0 unspecified atom stereocenters. The minimum Gasteiger partial charge on any atom is -0.438 e. The van der Waals surface area contributed by atoms with Gasteiger partial charge in [-0.2, -0.15) is 0 Å². The predicted molar refractivity (Wildman–Crippen MR) is 84.5 cm³/mol. The minimum atomic E-state index is 0.641. The number of pyridine rings is 1. The highest BCUT2D eigenvalue weighted by atomic mass is 32.2. The van der Waals surface area contributed by atoms with Crippen molar-refractivity contribution in [3.05, 3.63) is 48.2 Å². The SMILES string of the molecule is CCCNCc1ccnc(Oc2ccccc2SC)c1. The van der Waals surface area contributed by atoms with Crippen molar-refractivity contribution in [3.63, 3.8) is 0 Å². The van der Waals surface area contributed by atoms with Crippen molar-refractivity contribution in [2.75, 3.05) is 12.8 Å². The molecule has 1 N–H and O–H groups in total. The quantitative estimate of drug-likeness (QED) is 0.614. The van der Waals surface area contributed by atoms with Crippen molar-refractivity contribution >= 4 is 11.8 Å². The molecule has 1 aromatic heterocycles. The molecule has 3 nitrogen and oxygen atoms in total. The van der Waals surface area contributed by atoms with E-state index >= 15 is 0 Å². The van der Waals surface area contributed by atoms with E-state index in [9.17, 15) is 0 Å². The Kier molecular flexibility index (Phi) is 5.89. The number of hydrogen-bond acceptors (Lipinski definition) is 4. The van der Waals surface area contributed by atoms with Crippen LogP contribution in [0.1, 0.15) is 18.9 Å². The van der Waals surface area contributed by atoms with Crippen LogP contribution in [0, 0.1) is 0 Å². The van der Waals surface area contributed by atoms with Gasteiger partial charge in [0.15, 0.2) is 0 Å². The van der Waals surface area contributed by atoms with E-state index in [2.05, 4.69) is 17.2 Å². The van der Waals surface area contributed by atoms with Crippen LogP contribution < -0.4 is 10.1 Å². The summed E-state index contributed by atoms with van der Waals surface area (Å²) in [4.78, 5) is 5.39. The van der Waals surface area contributed by atoms with Crippen LogP contribution in [0.25, 0.3) is 0 Å². The van der Waals surface area contributed by atoms with Crippen LogP contribution in [0.4, 0.5) is 0 Å². The molecule has 0 spiro atoms. The van der Waals surface area contributed by atoms with E-state index in [1.807, 2.05) is 42.7 Å². The molecule has 0 bridgehead atoms. The molecule has 0 aliphatic heterocycles. The van der Waals surface area contributed by atoms with Gasteiger partial charge in [0.05, 0.1) is 0 Å². The highest BCUT2D eigenvalue weighted by Gasteiger charge is 2.04. The molecular formula is C16H20N2OS. The molecule has 20 heavy (non-hydrogen) atoms. The van der Waals surface area contributed by atoms with Crippen LogP contribution in [0.15, 0.2) is 47.5 Å². The third kappa shape index (κ3) is 4.25. The second-order valence-corrected chi connectivity index (χ2v) is 5.28. The molecule has 2 aromatic rings. The predicted octanol–water partition coefficient (Wildman–Crippen LogP) is 4.10. The zero-order chi connectivity index (χ0) is 14.2. The van der Waals surface area contributed by atoms with E-state index in [0.29, 0.717) is 5.88 Å². The summed E-state index contributed by atoms with van der Waals surface area (Å²) >= 11 is 1.67. The van der Waals surface area contributed by atoms with Crippen LogP contribution in [0.5, 0.6) is 11.6 Å². The Morgan fingerprint density at radius 2 is 2.10 bits per heavy atom. The van der Waals surface area contributed by atoms with Gasteiger partial charge in [0, 0.05) is 23.7 Å². The number of rotatable bonds is 7. The first kappa shape index (κ1) is 14.9. The molecule has 1 aromatic carbocycles. The average molecular weight is 288 g/mol. The summed E-state index contributed by atoms with van der Waals surface area (Å²) in [5.41, 5.74) is 1.19. The van der Waals surface area contributed by atoms with E-state index < -0.39 is 0 Å². The second-order valence-electron chi connectivity index (χ2n) is 4.43. The summed E-state index contributed by atoms with van der Waals surface area (Å²) in [6, 6.07) is 12.0. The Bertz CT molecular complexity index is 546. The first-order chi connectivity index (χ1) is 9.83. The average Bonchev–Trinajstić information content (AvgIpc) is 2.48. The molecule has 0 amide bonds.